The van der Waals surface area contributed by atoms with Crippen LogP contribution in [0, 0.1) is 11.8 Å². The number of aromatic nitrogens is 2. The van der Waals surface area contributed by atoms with Gasteiger partial charge in [0, 0.05) is 168 Å². The first-order valence-electron chi connectivity index (χ1n) is 44.7. The summed E-state index contributed by atoms with van der Waals surface area (Å²) in [6, 6.07) is 28.7. The minimum atomic E-state index is -0.377. The monoisotopic (exact) mass is 2200 g/mol. The molecule has 2 aliphatic rings. The predicted molar refractivity (Wildman–Crippen MR) is 633 cm³/mol. The molecule has 3 unspecified atom stereocenters. The molecule has 1 saturated heterocycles. The van der Waals surface area contributed by atoms with Gasteiger partial charge in [-0.25, -0.2) is 0 Å². The summed E-state index contributed by atoms with van der Waals surface area (Å²) in [4.78, 5) is 78.8. The molecule has 1 aliphatic heterocycles. The largest absolute Gasteiger partial charge is 0.494 e. The number of rotatable bonds is 74. The molecule has 3 heterocycles. The number of carbonyl (C=O) groups is 2. The summed E-state index contributed by atoms with van der Waals surface area (Å²) >= 11 is 65.1. The summed E-state index contributed by atoms with van der Waals surface area (Å²) < 4.78 is 20.5. The number of hydrogen-bond acceptors (Lipinski definition) is 33. The highest BCUT2D eigenvalue weighted by Gasteiger charge is 2.49. The second-order valence-corrected chi connectivity index (χ2v) is 53.2. The first-order chi connectivity index (χ1) is 62.6. The number of imide groups is 1. The zero-order valence-electron chi connectivity index (χ0n) is 75.0. The fraction of sp³-hybridized carbons (Fsp3) is 0.674. The second-order valence-electron chi connectivity index (χ2n) is 29.8. The number of ether oxygens (including phenoxy) is 3. The first kappa shape index (κ1) is 121. The average molecular weight is 2200 g/mol. The van der Waals surface area contributed by atoms with Gasteiger partial charge in [0.2, 0.25) is 11.8 Å². The van der Waals surface area contributed by atoms with E-state index in [1.54, 1.807) is 4.90 Å². The van der Waals surface area contributed by atoms with Crippen molar-refractivity contribution in [3.05, 3.63) is 143 Å². The van der Waals surface area contributed by atoms with Gasteiger partial charge in [0.1, 0.15) is 17.2 Å². The van der Waals surface area contributed by atoms with Crippen molar-refractivity contribution in [3.63, 3.8) is 0 Å². The Bertz CT molecular complexity index is 3790. The Labute approximate surface area is 880 Å². The van der Waals surface area contributed by atoms with E-state index in [1.165, 1.54) is 108 Å². The molecule has 2 amide bonds. The second kappa shape index (κ2) is 79.6. The molecule has 36 heteroatoms. The lowest BCUT2D eigenvalue weighted by molar-refractivity contribution is -0.139. The van der Waals surface area contributed by atoms with Crippen molar-refractivity contribution in [2.45, 2.75) is 108 Å². The van der Waals surface area contributed by atoms with Gasteiger partial charge in [-0.1, -0.05) is 56.3 Å². The Hall–Kier alpha value is 2.10. The molecule has 724 valence electrons. The molecule has 2 fully saturated rings. The Balaban J connectivity index is 0.000000305. The number of aryl methyl sites for hydroxylation is 1. The maximum absolute atomic E-state index is 12.9. The van der Waals surface area contributed by atoms with Gasteiger partial charge >= 0.3 is 0 Å². The fourth-order valence-electron chi connectivity index (χ4n) is 13.5. The number of carbonyl (C=O) groups excluding carboxylic acids is 2. The zero-order chi connectivity index (χ0) is 92.1. The molecule has 12 nitrogen and oxygen atoms in total. The Morgan fingerprint density at radius 2 is 0.617 bits per heavy atom. The van der Waals surface area contributed by atoms with Crippen molar-refractivity contribution < 1.29 is 23.8 Å². The quantitative estimate of drug-likeness (QED) is 0.0104. The van der Waals surface area contributed by atoms with Crippen LogP contribution in [0.5, 0.6) is 17.2 Å². The molecule has 128 heavy (non-hydrogen) atoms. The highest BCUT2D eigenvalue weighted by Crippen LogP contribution is 2.43. The van der Waals surface area contributed by atoms with Gasteiger partial charge in [0.15, 0.2) is 0 Å². The zero-order valence-corrected chi connectivity index (χ0v) is 95.3. The van der Waals surface area contributed by atoms with Crippen molar-refractivity contribution in [1.82, 2.24) is 14.0 Å². The lowest BCUT2D eigenvalue weighted by Crippen LogP contribution is -2.32. The van der Waals surface area contributed by atoms with E-state index >= 15 is 0 Å². The first-order valence-corrected chi connectivity index (χ1v) is 68.2. The number of para-hydroxylation sites is 1. The maximum Gasteiger partial charge on any atom is 0.261 e. The molecule has 0 N–H and O–H groups in total. The molecular weight excluding hydrogens is 2060 g/mol. The van der Waals surface area contributed by atoms with Gasteiger partial charge in [-0.15, -0.1) is 0 Å². The SMILES string of the molecule is CC(C)(c1ccc(OCCCSCCSCCS)cc1)c1ccc(OCCCSCCSCCS)cc1.O=C1C2CCC(SCCSCCS)CC2C(=O)N1CCCSCCSCCS.O=c1c2cc3c(=O)n(CCCSCCSCCS)c(=O)c3cc2c(=O)n1CCCSCCSCCS.SCCSCCSCCCOc1ccccc1CCCSCCSCCS. The van der Waals surface area contributed by atoms with E-state index in [4.69, 9.17) is 14.2 Å². The molecule has 1 saturated carbocycles. The van der Waals surface area contributed by atoms with Crippen molar-refractivity contribution >= 4 is 323 Å². The number of fused-ring (bicyclic) bond motifs is 3. The minimum Gasteiger partial charge on any atom is -0.494 e. The molecule has 0 bridgehead atoms. The number of thiol groups is 8. The molecule has 4 aromatic carbocycles. The van der Waals surface area contributed by atoms with E-state index in [0.717, 1.165) is 250 Å². The third-order valence-electron chi connectivity index (χ3n) is 20.1. The van der Waals surface area contributed by atoms with Crippen molar-refractivity contribution in [2.75, 3.05) is 251 Å². The van der Waals surface area contributed by atoms with E-state index in [9.17, 15) is 28.8 Å². The average Bonchev–Trinajstić information content (AvgIpc) is 1.59. The highest BCUT2D eigenvalue weighted by atomic mass is 32.2. The predicted octanol–water partition coefficient (Wildman–Crippen LogP) is 22.3. The number of benzene rings is 4. The van der Waals surface area contributed by atoms with Crippen LogP contribution in [0.3, 0.4) is 0 Å². The van der Waals surface area contributed by atoms with Gasteiger partial charge in [-0.2, -0.15) is 289 Å². The number of thioether (sulfide) groups is 16. The van der Waals surface area contributed by atoms with E-state index in [1.807, 2.05) is 176 Å². The van der Waals surface area contributed by atoms with Crippen LogP contribution in [0.2, 0.25) is 0 Å². The summed E-state index contributed by atoms with van der Waals surface area (Å²) in [5.74, 6) is 45.7. The van der Waals surface area contributed by atoms with E-state index < -0.39 is 0 Å². The van der Waals surface area contributed by atoms with E-state index in [2.05, 4.69) is 199 Å². The summed E-state index contributed by atoms with van der Waals surface area (Å²) in [6.07, 6.45) is 10.8. The van der Waals surface area contributed by atoms with Gasteiger partial charge in [-0.3, -0.25) is 42.8 Å². The van der Waals surface area contributed by atoms with E-state index in [0.29, 0.717) is 37.7 Å². The molecular formula is C92H143N3O9S24. The normalized spacial score (nSPS) is 14.4. The molecule has 0 spiro atoms. The Morgan fingerprint density at radius 3 is 0.969 bits per heavy atom. The van der Waals surface area contributed by atoms with Gasteiger partial charge in [0.05, 0.1) is 53.2 Å². The topological polar surface area (TPSA) is 143 Å². The third-order valence-corrected chi connectivity index (χ3v) is 43.1. The van der Waals surface area contributed by atoms with Crippen LogP contribution in [0.25, 0.3) is 21.5 Å². The van der Waals surface area contributed by atoms with Crippen LogP contribution >= 0.6 is 289 Å². The molecule has 2 aromatic heterocycles. The number of nitrogens with zero attached hydrogens (tertiary/aromatic N) is 3. The Kier molecular flexibility index (Phi) is 75.0. The summed E-state index contributed by atoms with van der Waals surface area (Å²) in [6.45, 7) is 8.21. The number of amides is 2. The number of likely N-dealkylation sites (tertiary alicyclic amines) is 1. The third kappa shape index (κ3) is 50.7. The molecule has 0 radical (unpaired) electrons. The van der Waals surface area contributed by atoms with Crippen LogP contribution in [0.1, 0.15) is 94.7 Å². The summed E-state index contributed by atoms with van der Waals surface area (Å²) in [5, 5.41) is 1.46. The van der Waals surface area contributed by atoms with Crippen LogP contribution < -0.4 is 36.4 Å². The molecule has 8 rings (SSSR count). The van der Waals surface area contributed by atoms with E-state index in [-0.39, 0.29) is 72.8 Å². The number of hydrogen-bond donors (Lipinski definition) is 8. The summed E-state index contributed by atoms with van der Waals surface area (Å²) in [5.41, 5.74) is 2.34. The van der Waals surface area contributed by atoms with Gasteiger partial charge < -0.3 is 14.2 Å². The van der Waals surface area contributed by atoms with Crippen molar-refractivity contribution in [3.8, 4) is 17.2 Å². The minimum absolute atomic E-state index is 0.0341. The molecule has 1 aliphatic carbocycles. The lowest BCUT2D eigenvalue weighted by Gasteiger charge is -2.28. The van der Waals surface area contributed by atoms with Crippen LogP contribution in [0.4, 0.5) is 0 Å². The van der Waals surface area contributed by atoms with Crippen LogP contribution in [-0.2, 0) is 34.5 Å². The molecule has 3 atom stereocenters. The standard InChI is InChI=1S/C29H44O2S6.C24H32N2O4S6.C20H34OS6.C19H33NO2S6/c1-29(2,25-5-9-27(10-6-25)30-13-3-17-34-21-23-36-19-15-32)26-7-11-28(12-8-26)31-14-4-18-35-22-24-37-20-16-33;27-21-17-15-19-20(24(30)26(23(19)29)4-2-8-34-12-14-36-10-6-32)16-18(17)22(28)25(21)3-1-7-33-11-13-35-9-5-31;22-9-13-26-17-15-24-11-3-6-19-5-1-2-7-20(19)21-8-4-12-25-16-18-27-14-10-23;21-18-16-3-2-15(28-13-12-27-9-6-24)14-17(16)19(22)20(18)4-1-7-25-10-11-26-8-5-23/h5-12,32-33H,3-4,13-24H2,1-2H3;15-16,31-32H,1-14H2;1-2,5,7,22-23H,3-4,6,8-18H2;15-17,23-24H,1-14H2. The Morgan fingerprint density at radius 1 is 0.320 bits per heavy atom. The maximum atomic E-state index is 12.9. The van der Waals surface area contributed by atoms with Crippen molar-refractivity contribution in [1.29, 1.82) is 0 Å². The van der Waals surface area contributed by atoms with Crippen molar-refractivity contribution in [2.24, 2.45) is 11.8 Å². The molecule has 6 aromatic rings. The smallest absolute Gasteiger partial charge is 0.261 e. The lowest BCUT2D eigenvalue weighted by atomic mass is 9.78. The van der Waals surface area contributed by atoms with Crippen LogP contribution in [0.15, 0.2) is 104 Å². The fourth-order valence-corrected chi connectivity index (χ4v) is 31.5. The highest BCUT2D eigenvalue weighted by molar-refractivity contribution is 8.06. The van der Waals surface area contributed by atoms with Crippen LogP contribution in [-0.4, -0.2) is 282 Å². The van der Waals surface area contributed by atoms with Gasteiger partial charge in [0.25, 0.3) is 22.2 Å². The summed E-state index contributed by atoms with van der Waals surface area (Å²) in [7, 11) is 0. The van der Waals surface area contributed by atoms with Gasteiger partial charge in [-0.05, 0) is 216 Å².